The smallest absolute Gasteiger partial charge is 0.217 e. The molecule has 1 aromatic heterocycles. The third-order valence-corrected chi connectivity index (χ3v) is 3.12. The molecule has 1 aromatic carbocycles. The van der Waals surface area contributed by atoms with E-state index >= 15 is 0 Å². The van der Waals surface area contributed by atoms with E-state index < -0.39 is 5.95 Å². The lowest BCUT2D eigenvalue weighted by atomic mass is 9.78. The van der Waals surface area contributed by atoms with Crippen molar-refractivity contribution in [3.63, 3.8) is 0 Å². The Morgan fingerprint density at radius 3 is 3.00 bits per heavy atom. The molecular formula is C13H12FN3. The summed E-state index contributed by atoms with van der Waals surface area (Å²) < 4.78 is 12.8. The Balaban J connectivity index is 1.64. The van der Waals surface area contributed by atoms with Crippen LogP contribution in [0.3, 0.4) is 0 Å². The zero-order valence-electron chi connectivity index (χ0n) is 9.23. The number of fused-ring (bicyclic) bond motifs is 1. The molecule has 0 saturated carbocycles. The highest BCUT2D eigenvalue weighted by atomic mass is 19.1. The molecule has 0 spiro atoms. The molecule has 0 fully saturated rings. The minimum atomic E-state index is -0.503. The minimum Gasteiger partial charge on any atom is -0.369 e. The Labute approximate surface area is 98.7 Å². The van der Waals surface area contributed by atoms with Crippen molar-refractivity contribution in [1.29, 1.82) is 0 Å². The van der Waals surface area contributed by atoms with Gasteiger partial charge < -0.3 is 5.32 Å². The van der Waals surface area contributed by atoms with E-state index in [1.54, 1.807) is 0 Å². The molecule has 3 nitrogen and oxygen atoms in total. The predicted octanol–water partition coefficient (Wildman–Crippen LogP) is 2.37. The first-order valence-electron chi connectivity index (χ1n) is 5.62. The van der Waals surface area contributed by atoms with Crippen molar-refractivity contribution in [3.8, 4) is 0 Å². The molecular weight excluding hydrogens is 217 g/mol. The molecule has 0 amide bonds. The van der Waals surface area contributed by atoms with Gasteiger partial charge in [0, 0.05) is 18.5 Å². The Hall–Kier alpha value is -1.97. The number of hydrogen-bond acceptors (Lipinski definition) is 3. The molecule has 1 aliphatic carbocycles. The van der Waals surface area contributed by atoms with Crippen molar-refractivity contribution < 1.29 is 4.39 Å². The summed E-state index contributed by atoms with van der Waals surface area (Å²) in [5, 5.41) is 3.14. The summed E-state index contributed by atoms with van der Waals surface area (Å²) in [6.07, 6.45) is 2.31. The lowest BCUT2D eigenvalue weighted by Crippen LogP contribution is -2.24. The van der Waals surface area contributed by atoms with Gasteiger partial charge in [0.05, 0.1) is 0 Å². The first-order valence-corrected chi connectivity index (χ1v) is 5.62. The zero-order chi connectivity index (χ0) is 11.7. The van der Waals surface area contributed by atoms with Gasteiger partial charge in [-0.05, 0) is 17.5 Å². The number of nitrogens with one attached hydrogen (secondary N) is 1. The van der Waals surface area contributed by atoms with E-state index in [0.717, 1.165) is 13.0 Å². The summed E-state index contributed by atoms with van der Waals surface area (Å²) in [5.74, 6) is 0.544. The van der Waals surface area contributed by atoms with Gasteiger partial charge in [0.25, 0.3) is 0 Å². The van der Waals surface area contributed by atoms with E-state index in [9.17, 15) is 4.39 Å². The van der Waals surface area contributed by atoms with E-state index in [4.69, 9.17) is 0 Å². The van der Waals surface area contributed by atoms with Crippen molar-refractivity contribution in [2.24, 2.45) is 0 Å². The number of nitrogens with zero attached hydrogens (tertiary/aromatic N) is 2. The summed E-state index contributed by atoms with van der Waals surface area (Å²) in [5.41, 5.74) is 2.79. The Morgan fingerprint density at radius 2 is 2.18 bits per heavy atom. The molecule has 0 radical (unpaired) electrons. The number of hydrogen-bond donors (Lipinski definition) is 1. The van der Waals surface area contributed by atoms with Gasteiger partial charge in [-0.15, -0.1) is 0 Å². The van der Waals surface area contributed by atoms with Crippen LogP contribution in [-0.2, 0) is 6.42 Å². The molecule has 1 unspecified atom stereocenters. The van der Waals surface area contributed by atoms with Crippen molar-refractivity contribution >= 4 is 5.82 Å². The first-order chi connectivity index (χ1) is 8.33. The van der Waals surface area contributed by atoms with Crippen LogP contribution in [0.2, 0.25) is 0 Å². The maximum absolute atomic E-state index is 12.8. The largest absolute Gasteiger partial charge is 0.369 e. The molecule has 2 aromatic rings. The summed E-state index contributed by atoms with van der Waals surface area (Å²) in [6, 6.07) is 9.71. The average Bonchev–Trinajstić information content (AvgIpc) is 2.30. The van der Waals surface area contributed by atoms with Crippen LogP contribution in [0.5, 0.6) is 0 Å². The number of benzene rings is 1. The monoisotopic (exact) mass is 229 g/mol. The number of rotatable bonds is 3. The highest BCUT2D eigenvalue weighted by Crippen LogP contribution is 2.34. The van der Waals surface area contributed by atoms with Gasteiger partial charge in [-0.3, -0.25) is 0 Å². The summed E-state index contributed by atoms with van der Waals surface area (Å²) in [6.45, 7) is 0.785. The van der Waals surface area contributed by atoms with Gasteiger partial charge in [-0.1, -0.05) is 24.3 Å². The van der Waals surface area contributed by atoms with E-state index in [1.165, 1.54) is 23.5 Å². The maximum Gasteiger partial charge on any atom is 0.217 e. The molecule has 3 rings (SSSR count). The number of halogens is 1. The lowest BCUT2D eigenvalue weighted by molar-refractivity contribution is 0.579. The SMILES string of the molecule is Fc1cc(NCC2Cc3ccccc32)ncn1. The predicted molar refractivity (Wildman–Crippen MR) is 63.4 cm³/mol. The minimum absolute atomic E-state index is 0.503. The second kappa shape index (κ2) is 4.13. The van der Waals surface area contributed by atoms with Crippen molar-refractivity contribution in [2.75, 3.05) is 11.9 Å². The van der Waals surface area contributed by atoms with Crippen LogP contribution >= 0.6 is 0 Å². The fourth-order valence-corrected chi connectivity index (χ4v) is 2.20. The first kappa shape index (κ1) is 10.2. The van der Waals surface area contributed by atoms with Gasteiger partial charge in [0.2, 0.25) is 5.95 Å². The molecule has 4 heteroatoms. The lowest BCUT2D eigenvalue weighted by Gasteiger charge is -2.30. The highest BCUT2D eigenvalue weighted by molar-refractivity contribution is 5.42. The molecule has 17 heavy (non-hydrogen) atoms. The number of anilines is 1. The molecule has 0 saturated heterocycles. The standard InChI is InChI=1S/C13H12FN3/c14-12-6-13(17-8-16-12)15-7-10-5-9-3-1-2-4-11(9)10/h1-4,6,8,10H,5,7H2,(H,15,16,17). The van der Waals surface area contributed by atoms with Crippen LogP contribution in [0.4, 0.5) is 10.2 Å². The Kier molecular flexibility index (Phi) is 2.48. The van der Waals surface area contributed by atoms with Gasteiger partial charge >= 0.3 is 0 Å². The molecule has 0 aliphatic heterocycles. The van der Waals surface area contributed by atoms with Crippen molar-refractivity contribution in [1.82, 2.24) is 9.97 Å². The third-order valence-electron chi connectivity index (χ3n) is 3.12. The maximum atomic E-state index is 12.8. The van der Waals surface area contributed by atoms with Crippen molar-refractivity contribution in [3.05, 3.63) is 53.7 Å². The van der Waals surface area contributed by atoms with Gasteiger partial charge in [0.15, 0.2) is 0 Å². The van der Waals surface area contributed by atoms with Crippen LogP contribution in [0.25, 0.3) is 0 Å². The van der Waals surface area contributed by atoms with Gasteiger partial charge in [-0.2, -0.15) is 4.39 Å². The highest BCUT2D eigenvalue weighted by Gasteiger charge is 2.24. The number of aromatic nitrogens is 2. The second-order valence-electron chi connectivity index (χ2n) is 4.21. The topological polar surface area (TPSA) is 37.8 Å². The van der Waals surface area contributed by atoms with E-state index in [-0.39, 0.29) is 0 Å². The zero-order valence-corrected chi connectivity index (χ0v) is 9.23. The summed E-state index contributed by atoms with van der Waals surface area (Å²) in [7, 11) is 0. The van der Waals surface area contributed by atoms with Crippen LogP contribution in [0, 0.1) is 5.95 Å². The third kappa shape index (κ3) is 1.98. The molecule has 1 N–H and O–H groups in total. The second-order valence-corrected chi connectivity index (χ2v) is 4.21. The van der Waals surface area contributed by atoms with E-state index in [1.807, 2.05) is 0 Å². The molecule has 1 heterocycles. The Morgan fingerprint density at radius 1 is 1.29 bits per heavy atom. The van der Waals surface area contributed by atoms with E-state index in [0.29, 0.717) is 11.7 Å². The van der Waals surface area contributed by atoms with Crippen LogP contribution in [0.1, 0.15) is 17.0 Å². The summed E-state index contributed by atoms with van der Waals surface area (Å²) in [4.78, 5) is 7.38. The van der Waals surface area contributed by atoms with Crippen LogP contribution < -0.4 is 5.32 Å². The quantitative estimate of drug-likeness (QED) is 0.821. The van der Waals surface area contributed by atoms with Gasteiger partial charge in [0.1, 0.15) is 12.1 Å². The summed E-state index contributed by atoms with van der Waals surface area (Å²) >= 11 is 0. The molecule has 0 bridgehead atoms. The fraction of sp³-hybridized carbons (Fsp3) is 0.231. The fourth-order valence-electron chi connectivity index (χ4n) is 2.20. The van der Waals surface area contributed by atoms with Gasteiger partial charge in [-0.25, -0.2) is 9.97 Å². The molecule has 86 valence electrons. The van der Waals surface area contributed by atoms with E-state index in [2.05, 4.69) is 39.6 Å². The van der Waals surface area contributed by atoms with Crippen LogP contribution in [0.15, 0.2) is 36.7 Å². The van der Waals surface area contributed by atoms with Crippen molar-refractivity contribution in [2.45, 2.75) is 12.3 Å². The van der Waals surface area contributed by atoms with Crippen LogP contribution in [-0.4, -0.2) is 16.5 Å². The Bertz CT molecular complexity index is 542. The normalized spacial score (nSPS) is 17.1. The molecule has 1 aliphatic rings. The molecule has 1 atom stereocenters. The average molecular weight is 229 g/mol.